The molecule has 0 saturated heterocycles. The summed E-state index contributed by atoms with van der Waals surface area (Å²) in [6.45, 7) is 1.77. The fourth-order valence-electron chi connectivity index (χ4n) is 1.83. The molecule has 0 saturated carbocycles. The zero-order chi connectivity index (χ0) is 14.9. The highest BCUT2D eigenvalue weighted by Crippen LogP contribution is 2.32. The van der Waals surface area contributed by atoms with Gasteiger partial charge in [0, 0.05) is 15.5 Å². The molecule has 5 heteroatoms. The smallest absolute Gasteiger partial charge is 0.166 e. The van der Waals surface area contributed by atoms with Crippen molar-refractivity contribution >= 4 is 28.7 Å². The van der Waals surface area contributed by atoms with Crippen LogP contribution < -0.4 is 0 Å². The van der Waals surface area contributed by atoms with Crippen LogP contribution in [0.2, 0.25) is 5.02 Å². The molecule has 2 rings (SSSR count). The zero-order valence-corrected chi connectivity index (χ0v) is 12.0. The number of hydrogen-bond donors (Lipinski definition) is 0. The van der Waals surface area contributed by atoms with E-state index in [0.29, 0.717) is 15.5 Å². The van der Waals surface area contributed by atoms with Crippen LogP contribution >= 0.6 is 23.8 Å². The van der Waals surface area contributed by atoms with Gasteiger partial charge in [0.2, 0.25) is 0 Å². The van der Waals surface area contributed by atoms with Crippen molar-refractivity contribution in [2.45, 2.75) is 13.1 Å². The molecule has 0 unspecified atom stereocenters. The summed E-state index contributed by atoms with van der Waals surface area (Å²) in [6, 6.07) is 10.2. The summed E-state index contributed by atoms with van der Waals surface area (Å²) < 4.78 is 37.5. The van der Waals surface area contributed by atoms with Crippen LogP contribution in [0.1, 0.15) is 18.1 Å². The van der Waals surface area contributed by atoms with Crippen LogP contribution in [0.5, 0.6) is 0 Å². The highest BCUT2D eigenvalue weighted by molar-refractivity contribution is 7.80. The second-order valence-electron chi connectivity index (χ2n) is 4.33. The maximum absolute atomic E-state index is 12.5. The highest BCUT2D eigenvalue weighted by atomic mass is 35.5. The summed E-state index contributed by atoms with van der Waals surface area (Å²) in [5, 5.41) is 0.495. The Morgan fingerprint density at radius 1 is 1.00 bits per heavy atom. The van der Waals surface area contributed by atoms with Gasteiger partial charge in [0.15, 0.2) is 0 Å². The lowest BCUT2D eigenvalue weighted by Gasteiger charge is -2.09. The number of benzene rings is 2. The molecular formula is C15H10ClF3S. The lowest BCUT2D eigenvalue weighted by molar-refractivity contribution is -0.137. The lowest BCUT2D eigenvalue weighted by atomic mass is 10.0. The summed E-state index contributed by atoms with van der Waals surface area (Å²) in [6.07, 6.45) is -4.32. The first-order chi connectivity index (χ1) is 9.29. The molecule has 2 aromatic carbocycles. The maximum atomic E-state index is 12.5. The number of thiocarbonyl (C=S) groups is 1. The number of halogens is 4. The molecule has 20 heavy (non-hydrogen) atoms. The minimum atomic E-state index is -4.32. The Balaban J connectivity index is 2.37. The van der Waals surface area contributed by atoms with E-state index < -0.39 is 11.7 Å². The first-order valence-corrected chi connectivity index (χ1v) is 6.56. The van der Waals surface area contributed by atoms with E-state index in [1.54, 1.807) is 25.1 Å². The predicted octanol–water partition coefficient (Wildman–Crippen LogP) is 5.76. The standard InChI is InChI=1S/C15H10ClF3S/c1-9(20)13-7-4-11(8-14(13)16)10-2-5-12(6-3-10)15(17,18)19/h2-8H,1H3. The van der Waals surface area contributed by atoms with E-state index >= 15 is 0 Å². The van der Waals surface area contributed by atoms with E-state index in [1.807, 2.05) is 0 Å². The molecule has 0 spiro atoms. The number of alkyl halides is 3. The van der Waals surface area contributed by atoms with Crippen molar-refractivity contribution in [1.29, 1.82) is 0 Å². The van der Waals surface area contributed by atoms with Crippen LogP contribution in [0, 0.1) is 0 Å². The third-order valence-electron chi connectivity index (χ3n) is 2.89. The Morgan fingerprint density at radius 3 is 2.00 bits per heavy atom. The Labute approximate surface area is 125 Å². The Morgan fingerprint density at radius 2 is 1.55 bits per heavy atom. The summed E-state index contributed by atoms with van der Waals surface area (Å²) in [5.41, 5.74) is 1.52. The van der Waals surface area contributed by atoms with Crippen molar-refractivity contribution in [3.05, 3.63) is 58.6 Å². The van der Waals surface area contributed by atoms with Crippen LogP contribution in [0.15, 0.2) is 42.5 Å². The van der Waals surface area contributed by atoms with Gasteiger partial charge in [0.05, 0.1) is 5.56 Å². The van der Waals surface area contributed by atoms with Crippen LogP contribution in [0.25, 0.3) is 11.1 Å². The molecule has 2 aromatic rings. The summed E-state index contributed by atoms with van der Waals surface area (Å²) in [4.78, 5) is 0.675. The first kappa shape index (κ1) is 15.0. The van der Waals surface area contributed by atoms with Crippen molar-refractivity contribution in [2.24, 2.45) is 0 Å². The molecule has 0 radical (unpaired) electrons. The van der Waals surface area contributed by atoms with Crippen LogP contribution in [0.3, 0.4) is 0 Å². The maximum Gasteiger partial charge on any atom is 0.416 e. The van der Waals surface area contributed by atoms with Crippen molar-refractivity contribution in [1.82, 2.24) is 0 Å². The topological polar surface area (TPSA) is 0 Å². The number of hydrogen-bond acceptors (Lipinski definition) is 1. The molecule has 0 bridgehead atoms. The quantitative estimate of drug-likeness (QED) is 0.501. The van der Waals surface area contributed by atoms with Gasteiger partial charge in [0.1, 0.15) is 0 Å². The molecule has 0 aliphatic rings. The van der Waals surface area contributed by atoms with Crippen molar-refractivity contribution < 1.29 is 13.2 Å². The van der Waals surface area contributed by atoms with Crippen molar-refractivity contribution in [3.63, 3.8) is 0 Å². The third-order valence-corrected chi connectivity index (χ3v) is 3.43. The van der Waals surface area contributed by atoms with Gasteiger partial charge in [-0.1, -0.05) is 48.1 Å². The Bertz CT molecular complexity index is 645. The minimum absolute atomic E-state index is 0.495. The predicted molar refractivity (Wildman–Crippen MR) is 79.3 cm³/mol. The summed E-state index contributed by atoms with van der Waals surface area (Å²) in [5.74, 6) is 0. The van der Waals surface area contributed by atoms with E-state index in [9.17, 15) is 13.2 Å². The minimum Gasteiger partial charge on any atom is -0.166 e. The summed E-state index contributed by atoms with van der Waals surface area (Å²) >= 11 is 11.2. The largest absolute Gasteiger partial charge is 0.416 e. The molecule has 0 aliphatic carbocycles. The first-order valence-electron chi connectivity index (χ1n) is 5.77. The lowest BCUT2D eigenvalue weighted by Crippen LogP contribution is -2.04. The normalized spacial score (nSPS) is 11.4. The third kappa shape index (κ3) is 3.19. The molecular weight excluding hydrogens is 305 g/mol. The van der Waals surface area contributed by atoms with E-state index in [4.69, 9.17) is 23.8 Å². The van der Waals surface area contributed by atoms with Gasteiger partial charge in [-0.15, -0.1) is 0 Å². The number of rotatable bonds is 2. The van der Waals surface area contributed by atoms with Crippen molar-refractivity contribution in [3.8, 4) is 11.1 Å². The molecule has 0 aromatic heterocycles. The molecule has 0 fully saturated rings. The van der Waals surface area contributed by atoms with Gasteiger partial charge in [0.25, 0.3) is 0 Å². The van der Waals surface area contributed by atoms with Gasteiger partial charge >= 0.3 is 6.18 Å². The van der Waals surface area contributed by atoms with Gasteiger partial charge < -0.3 is 0 Å². The molecule has 0 atom stereocenters. The van der Waals surface area contributed by atoms with Gasteiger partial charge in [-0.05, 0) is 36.2 Å². The van der Waals surface area contributed by atoms with Crippen LogP contribution in [0.4, 0.5) is 13.2 Å². The fraction of sp³-hybridized carbons (Fsp3) is 0.133. The molecule has 0 amide bonds. The molecule has 0 nitrogen and oxygen atoms in total. The van der Waals surface area contributed by atoms with E-state index in [2.05, 4.69) is 0 Å². The van der Waals surface area contributed by atoms with Gasteiger partial charge in [-0.2, -0.15) is 13.2 Å². The second-order valence-corrected chi connectivity index (χ2v) is 5.35. The van der Waals surface area contributed by atoms with E-state index in [0.717, 1.165) is 23.3 Å². The van der Waals surface area contributed by atoms with E-state index in [1.165, 1.54) is 12.1 Å². The Kier molecular flexibility index (Phi) is 4.16. The van der Waals surface area contributed by atoms with Crippen LogP contribution in [-0.2, 0) is 6.18 Å². The van der Waals surface area contributed by atoms with Crippen molar-refractivity contribution in [2.75, 3.05) is 0 Å². The van der Waals surface area contributed by atoms with Crippen LogP contribution in [-0.4, -0.2) is 4.86 Å². The molecule has 104 valence electrons. The summed E-state index contributed by atoms with van der Waals surface area (Å²) in [7, 11) is 0. The van der Waals surface area contributed by atoms with E-state index in [-0.39, 0.29) is 0 Å². The van der Waals surface area contributed by atoms with Gasteiger partial charge in [-0.3, -0.25) is 0 Å². The molecule has 0 N–H and O–H groups in total. The zero-order valence-electron chi connectivity index (χ0n) is 10.5. The Hall–Kier alpha value is -1.39. The average Bonchev–Trinajstić information content (AvgIpc) is 2.37. The highest BCUT2D eigenvalue weighted by Gasteiger charge is 2.29. The molecule has 0 heterocycles. The SMILES string of the molecule is CC(=S)c1ccc(-c2ccc(C(F)(F)F)cc2)cc1Cl. The fourth-order valence-corrected chi connectivity index (χ4v) is 2.39. The van der Waals surface area contributed by atoms with Gasteiger partial charge in [-0.25, -0.2) is 0 Å². The second kappa shape index (κ2) is 5.54. The average molecular weight is 315 g/mol. The monoisotopic (exact) mass is 314 g/mol. The molecule has 0 aliphatic heterocycles.